The molecule has 7 heteroatoms. The maximum Gasteiger partial charge on any atom is 0.265 e. The van der Waals surface area contributed by atoms with Gasteiger partial charge >= 0.3 is 0 Å². The van der Waals surface area contributed by atoms with Crippen molar-refractivity contribution >= 4 is 11.8 Å². The second kappa shape index (κ2) is 5.01. The van der Waals surface area contributed by atoms with Gasteiger partial charge in [0, 0.05) is 19.5 Å². The van der Waals surface area contributed by atoms with Gasteiger partial charge in [0.1, 0.15) is 6.10 Å². The Balaban J connectivity index is 2.27. The number of nitrogens with one attached hydrogen (secondary N) is 2. The minimum Gasteiger partial charge on any atom is -0.385 e. The highest BCUT2D eigenvalue weighted by Crippen LogP contribution is 2.08. The summed E-state index contributed by atoms with van der Waals surface area (Å²) in [7, 11) is 0. The van der Waals surface area contributed by atoms with Gasteiger partial charge in [0.25, 0.3) is 6.43 Å². The van der Waals surface area contributed by atoms with E-state index < -0.39 is 30.9 Å². The Bertz CT molecular complexity index is 260. The van der Waals surface area contributed by atoms with Gasteiger partial charge in [-0.15, -0.1) is 0 Å². The first-order chi connectivity index (χ1) is 7.00. The third-order valence-corrected chi connectivity index (χ3v) is 2.12. The zero-order chi connectivity index (χ0) is 11.4. The van der Waals surface area contributed by atoms with Crippen molar-refractivity contribution in [2.75, 3.05) is 13.1 Å². The summed E-state index contributed by atoms with van der Waals surface area (Å²) in [5.74, 6) is -1.25. The lowest BCUT2D eigenvalue weighted by Crippen LogP contribution is -2.39. The predicted octanol–water partition coefficient (Wildman–Crippen LogP) is -1.14. The van der Waals surface area contributed by atoms with Crippen molar-refractivity contribution in [1.82, 2.24) is 10.6 Å². The van der Waals surface area contributed by atoms with Crippen LogP contribution in [-0.4, -0.2) is 42.5 Å². The number of amides is 2. The van der Waals surface area contributed by atoms with Gasteiger partial charge in [-0.05, 0) is 0 Å². The Morgan fingerprint density at radius 2 is 2.33 bits per heavy atom. The van der Waals surface area contributed by atoms with Gasteiger partial charge in [-0.25, -0.2) is 8.78 Å². The molecule has 3 N–H and O–H groups in total. The molecule has 0 saturated carbocycles. The smallest absolute Gasteiger partial charge is 0.265 e. The number of aliphatic hydroxyl groups is 1. The molecule has 0 aromatic carbocycles. The van der Waals surface area contributed by atoms with E-state index in [1.54, 1.807) is 0 Å². The summed E-state index contributed by atoms with van der Waals surface area (Å²) in [5.41, 5.74) is 0. The maximum atomic E-state index is 11.9. The van der Waals surface area contributed by atoms with Crippen LogP contribution in [0.4, 0.5) is 8.78 Å². The molecular formula is C8H12F2N2O3. The largest absolute Gasteiger partial charge is 0.385 e. The highest BCUT2D eigenvalue weighted by atomic mass is 19.3. The molecule has 15 heavy (non-hydrogen) atoms. The topological polar surface area (TPSA) is 78.4 Å². The third kappa shape index (κ3) is 3.43. The fourth-order valence-electron chi connectivity index (χ4n) is 1.23. The van der Waals surface area contributed by atoms with Crippen molar-refractivity contribution in [3.8, 4) is 0 Å². The number of aliphatic hydroxyl groups excluding tert-OH is 1. The average Bonchev–Trinajstić information content (AvgIpc) is 2.60. The Kier molecular flexibility index (Phi) is 3.96. The first-order valence-corrected chi connectivity index (χ1v) is 4.51. The van der Waals surface area contributed by atoms with E-state index in [1.165, 1.54) is 0 Å². The first kappa shape index (κ1) is 11.8. The van der Waals surface area contributed by atoms with Crippen LogP contribution in [0.1, 0.15) is 6.42 Å². The highest BCUT2D eigenvalue weighted by Gasteiger charge is 2.28. The van der Waals surface area contributed by atoms with Crippen LogP contribution in [0.5, 0.6) is 0 Å². The first-order valence-electron chi connectivity index (χ1n) is 4.51. The molecule has 0 radical (unpaired) electrons. The molecule has 0 aliphatic carbocycles. The number of hydrogen-bond donors (Lipinski definition) is 3. The Hall–Kier alpha value is -1.24. The minimum absolute atomic E-state index is 0.0661. The van der Waals surface area contributed by atoms with Gasteiger partial charge in [0.15, 0.2) is 0 Å². The van der Waals surface area contributed by atoms with Crippen LogP contribution < -0.4 is 10.6 Å². The van der Waals surface area contributed by atoms with E-state index in [9.17, 15) is 18.4 Å². The molecule has 86 valence electrons. The molecule has 2 amide bonds. The van der Waals surface area contributed by atoms with Crippen molar-refractivity contribution in [2.24, 2.45) is 5.92 Å². The van der Waals surface area contributed by atoms with Crippen LogP contribution in [0, 0.1) is 5.92 Å². The SMILES string of the molecule is O=C1CC(C(=O)NCC(O)C(F)F)CN1. The quantitative estimate of drug-likeness (QED) is 0.563. The molecule has 2 atom stereocenters. The summed E-state index contributed by atoms with van der Waals surface area (Å²) < 4.78 is 23.7. The Labute approximate surface area is 84.8 Å². The van der Waals surface area contributed by atoms with Crippen LogP contribution >= 0.6 is 0 Å². The molecular weight excluding hydrogens is 210 g/mol. The molecule has 0 spiro atoms. The number of hydrogen-bond acceptors (Lipinski definition) is 3. The molecule has 0 aromatic rings. The summed E-state index contributed by atoms with van der Waals surface area (Å²) in [5, 5.41) is 13.3. The molecule has 1 aliphatic heterocycles. The highest BCUT2D eigenvalue weighted by molar-refractivity contribution is 5.89. The molecule has 1 aliphatic rings. The summed E-state index contributed by atoms with van der Waals surface area (Å²) in [4.78, 5) is 22.0. The van der Waals surface area contributed by atoms with E-state index in [4.69, 9.17) is 5.11 Å². The van der Waals surface area contributed by atoms with Gasteiger partial charge in [-0.2, -0.15) is 0 Å². The van der Waals surface area contributed by atoms with Crippen molar-refractivity contribution in [3.05, 3.63) is 0 Å². The van der Waals surface area contributed by atoms with Gasteiger partial charge in [0.05, 0.1) is 5.92 Å². The summed E-state index contributed by atoms with van der Waals surface area (Å²) in [6.07, 6.45) is -4.68. The second-order valence-corrected chi connectivity index (χ2v) is 3.35. The minimum atomic E-state index is -2.88. The van der Waals surface area contributed by atoms with Gasteiger partial charge in [-0.1, -0.05) is 0 Å². The third-order valence-electron chi connectivity index (χ3n) is 2.12. The standard InChI is InChI=1S/C8H12F2N2O3/c9-7(10)5(13)3-12-8(15)4-1-6(14)11-2-4/h4-5,7,13H,1-3H2,(H,11,14)(H,12,15). The summed E-state index contributed by atoms with van der Waals surface area (Å²) >= 11 is 0. The number of carbonyl (C=O) groups is 2. The molecule has 0 bridgehead atoms. The monoisotopic (exact) mass is 222 g/mol. The van der Waals surface area contributed by atoms with E-state index in [1.807, 2.05) is 0 Å². The number of alkyl halides is 2. The van der Waals surface area contributed by atoms with Gasteiger partial charge in [-0.3, -0.25) is 9.59 Å². The molecule has 5 nitrogen and oxygen atoms in total. The molecule has 1 rings (SSSR count). The lowest BCUT2D eigenvalue weighted by atomic mass is 10.1. The van der Waals surface area contributed by atoms with Crippen molar-refractivity contribution in [1.29, 1.82) is 0 Å². The molecule has 2 unspecified atom stereocenters. The van der Waals surface area contributed by atoms with Crippen molar-refractivity contribution in [2.45, 2.75) is 19.0 Å². The lowest BCUT2D eigenvalue weighted by molar-refractivity contribution is -0.127. The lowest BCUT2D eigenvalue weighted by Gasteiger charge is -2.12. The number of rotatable bonds is 4. The van der Waals surface area contributed by atoms with Crippen LogP contribution in [0.2, 0.25) is 0 Å². The predicted molar refractivity (Wildman–Crippen MR) is 46.1 cm³/mol. The second-order valence-electron chi connectivity index (χ2n) is 3.35. The van der Waals surface area contributed by atoms with Gasteiger partial charge in [0.2, 0.25) is 11.8 Å². The fourth-order valence-corrected chi connectivity index (χ4v) is 1.23. The Morgan fingerprint density at radius 1 is 1.67 bits per heavy atom. The van der Waals surface area contributed by atoms with Crippen molar-refractivity contribution < 1.29 is 23.5 Å². The fraction of sp³-hybridized carbons (Fsp3) is 0.750. The zero-order valence-corrected chi connectivity index (χ0v) is 7.87. The molecule has 1 heterocycles. The maximum absolute atomic E-state index is 11.9. The molecule has 1 saturated heterocycles. The zero-order valence-electron chi connectivity index (χ0n) is 7.87. The number of carbonyl (C=O) groups excluding carboxylic acids is 2. The van der Waals surface area contributed by atoms with Crippen molar-refractivity contribution in [3.63, 3.8) is 0 Å². The summed E-state index contributed by atoms with van der Waals surface area (Å²) in [6, 6.07) is 0. The summed E-state index contributed by atoms with van der Waals surface area (Å²) in [6.45, 7) is -0.281. The van der Waals surface area contributed by atoms with E-state index in [-0.39, 0.29) is 18.9 Å². The van der Waals surface area contributed by atoms with Gasteiger partial charge < -0.3 is 15.7 Å². The van der Waals surface area contributed by atoms with E-state index >= 15 is 0 Å². The van der Waals surface area contributed by atoms with E-state index in [2.05, 4.69) is 10.6 Å². The normalized spacial score (nSPS) is 22.7. The molecule has 1 fully saturated rings. The average molecular weight is 222 g/mol. The van der Waals surface area contributed by atoms with Crippen LogP contribution in [0.25, 0.3) is 0 Å². The van der Waals surface area contributed by atoms with E-state index in [0.29, 0.717) is 0 Å². The molecule has 0 aromatic heterocycles. The number of halogens is 2. The van der Waals surface area contributed by atoms with Crippen LogP contribution in [-0.2, 0) is 9.59 Å². The van der Waals surface area contributed by atoms with Crippen LogP contribution in [0.15, 0.2) is 0 Å². The van der Waals surface area contributed by atoms with E-state index in [0.717, 1.165) is 0 Å². The van der Waals surface area contributed by atoms with Crippen LogP contribution in [0.3, 0.4) is 0 Å². The Morgan fingerprint density at radius 3 is 2.80 bits per heavy atom.